The highest BCUT2D eigenvalue weighted by molar-refractivity contribution is 5.75. The number of urea groups is 1. The summed E-state index contributed by atoms with van der Waals surface area (Å²) in [5.41, 5.74) is -0.350. The van der Waals surface area contributed by atoms with Gasteiger partial charge in [-0.2, -0.15) is 0 Å². The number of carbonyl (C=O) groups excluding carboxylic acids is 2. The number of likely N-dealkylation sites (tertiary alicyclic amines) is 2. The number of nitrogens with one attached hydrogen (secondary N) is 1. The summed E-state index contributed by atoms with van der Waals surface area (Å²) in [6, 6.07) is 6.12. The molecular formula is C21H30FN3O3. The lowest BCUT2D eigenvalue weighted by Gasteiger charge is -2.50. The number of benzene rings is 1. The van der Waals surface area contributed by atoms with Gasteiger partial charge in [-0.3, -0.25) is 4.79 Å². The molecule has 2 aliphatic rings. The predicted octanol–water partition coefficient (Wildman–Crippen LogP) is 2.16. The topological polar surface area (TPSA) is 72.9 Å². The van der Waals surface area contributed by atoms with E-state index in [1.807, 2.05) is 13.8 Å². The van der Waals surface area contributed by atoms with Crippen molar-refractivity contribution in [2.45, 2.75) is 51.2 Å². The number of rotatable bonds is 3. The molecule has 0 saturated carbocycles. The minimum atomic E-state index is -0.799. The molecule has 2 saturated heterocycles. The summed E-state index contributed by atoms with van der Waals surface area (Å²) in [5.74, 6) is -0.410. The van der Waals surface area contributed by atoms with E-state index in [0.717, 1.165) is 5.56 Å². The first-order valence-electron chi connectivity index (χ1n) is 9.87. The number of fused-ring (bicyclic) bond motifs is 1. The third-order valence-corrected chi connectivity index (χ3v) is 6.01. The van der Waals surface area contributed by atoms with Gasteiger partial charge in [0.2, 0.25) is 5.91 Å². The zero-order chi connectivity index (χ0) is 20.5. The number of amides is 3. The van der Waals surface area contributed by atoms with E-state index in [-0.39, 0.29) is 23.7 Å². The third kappa shape index (κ3) is 4.63. The molecule has 3 rings (SSSR count). The molecule has 6 nitrogen and oxygen atoms in total. The van der Waals surface area contributed by atoms with Crippen LogP contribution < -0.4 is 5.32 Å². The SMILES string of the molecule is CC(=O)N1CC[C@]2(O)CCN(C(=O)NC(C)(C)Cc3ccc(F)cc3)C[C@@H]2C1. The van der Waals surface area contributed by atoms with Gasteiger partial charge in [0.15, 0.2) is 0 Å². The van der Waals surface area contributed by atoms with E-state index >= 15 is 0 Å². The number of carbonyl (C=O) groups is 2. The van der Waals surface area contributed by atoms with Crippen molar-refractivity contribution >= 4 is 11.9 Å². The Labute approximate surface area is 165 Å². The molecule has 2 aliphatic heterocycles. The highest BCUT2D eigenvalue weighted by Gasteiger charge is 2.46. The van der Waals surface area contributed by atoms with Gasteiger partial charge in [-0.25, -0.2) is 9.18 Å². The largest absolute Gasteiger partial charge is 0.389 e. The first kappa shape index (κ1) is 20.6. The van der Waals surface area contributed by atoms with Crippen molar-refractivity contribution in [3.05, 3.63) is 35.6 Å². The normalized spacial score (nSPS) is 25.2. The fourth-order valence-electron chi connectivity index (χ4n) is 4.30. The average Bonchev–Trinajstić information content (AvgIpc) is 2.61. The van der Waals surface area contributed by atoms with E-state index in [0.29, 0.717) is 45.4 Å². The Hall–Kier alpha value is -2.15. The molecule has 7 heteroatoms. The van der Waals surface area contributed by atoms with Gasteiger partial charge in [0.1, 0.15) is 5.82 Å². The molecule has 1 aromatic carbocycles. The quantitative estimate of drug-likeness (QED) is 0.829. The maximum Gasteiger partial charge on any atom is 0.317 e. The van der Waals surface area contributed by atoms with Crippen molar-refractivity contribution in [3.8, 4) is 0 Å². The summed E-state index contributed by atoms with van der Waals surface area (Å²) in [7, 11) is 0. The van der Waals surface area contributed by atoms with Crippen LogP contribution in [0.3, 0.4) is 0 Å². The van der Waals surface area contributed by atoms with Gasteiger partial charge in [0, 0.05) is 44.6 Å². The number of halogens is 1. The fourth-order valence-corrected chi connectivity index (χ4v) is 4.30. The molecule has 0 aliphatic carbocycles. The van der Waals surface area contributed by atoms with E-state index in [9.17, 15) is 19.1 Å². The second-order valence-electron chi connectivity index (χ2n) is 8.83. The summed E-state index contributed by atoms with van der Waals surface area (Å²) in [6.45, 7) is 7.38. The van der Waals surface area contributed by atoms with Gasteiger partial charge in [-0.05, 0) is 50.8 Å². The molecule has 3 amide bonds. The predicted molar refractivity (Wildman–Crippen MR) is 104 cm³/mol. The van der Waals surface area contributed by atoms with Crippen LogP contribution in [-0.2, 0) is 11.2 Å². The van der Waals surface area contributed by atoms with E-state index in [1.165, 1.54) is 19.1 Å². The van der Waals surface area contributed by atoms with Gasteiger partial charge < -0.3 is 20.2 Å². The lowest BCUT2D eigenvalue weighted by atomic mass is 9.75. The van der Waals surface area contributed by atoms with Gasteiger partial charge in [0.05, 0.1) is 5.60 Å². The number of aliphatic hydroxyl groups is 1. The highest BCUT2D eigenvalue weighted by atomic mass is 19.1. The molecule has 0 radical (unpaired) electrons. The van der Waals surface area contributed by atoms with E-state index in [1.54, 1.807) is 21.9 Å². The molecular weight excluding hydrogens is 361 g/mol. The van der Waals surface area contributed by atoms with Crippen molar-refractivity contribution in [1.29, 1.82) is 0 Å². The van der Waals surface area contributed by atoms with Crippen molar-refractivity contribution in [2.24, 2.45) is 5.92 Å². The van der Waals surface area contributed by atoms with Gasteiger partial charge in [0.25, 0.3) is 0 Å². The molecule has 0 aromatic heterocycles. The van der Waals surface area contributed by atoms with Crippen molar-refractivity contribution < 1.29 is 19.1 Å². The summed E-state index contributed by atoms with van der Waals surface area (Å²) < 4.78 is 13.1. The molecule has 0 unspecified atom stereocenters. The Morgan fingerprint density at radius 1 is 1.18 bits per heavy atom. The Balaban J connectivity index is 1.61. The first-order chi connectivity index (χ1) is 13.1. The second-order valence-corrected chi connectivity index (χ2v) is 8.83. The Morgan fingerprint density at radius 2 is 1.75 bits per heavy atom. The molecule has 2 heterocycles. The minimum absolute atomic E-state index is 0.00376. The van der Waals surface area contributed by atoms with Crippen LogP contribution in [0, 0.1) is 11.7 Å². The van der Waals surface area contributed by atoms with E-state index < -0.39 is 11.1 Å². The van der Waals surface area contributed by atoms with Gasteiger partial charge in [-0.15, -0.1) is 0 Å². The number of hydrogen-bond donors (Lipinski definition) is 2. The Morgan fingerprint density at radius 3 is 2.36 bits per heavy atom. The molecule has 2 N–H and O–H groups in total. The number of nitrogens with zero attached hydrogens (tertiary/aromatic N) is 2. The van der Waals surface area contributed by atoms with E-state index in [4.69, 9.17) is 0 Å². The molecule has 2 fully saturated rings. The average molecular weight is 391 g/mol. The number of hydrogen-bond acceptors (Lipinski definition) is 3. The van der Waals surface area contributed by atoms with Crippen LogP contribution in [0.25, 0.3) is 0 Å². The summed E-state index contributed by atoms with van der Waals surface area (Å²) >= 11 is 0. The molecule has 1 aromatic rings. The maximum absolute atomic E-state index is 13.1. The highest BCUT2D eigenvalue weighted by Crippen LogP contribution is 2.35. The Kier molecular flexibility index (Phi) is 5.66. The lowest BCUT2D eigenvalue weighted by Crippen LogP contribution is -2.63. The first-order valence-corrected chi connectivity index (χ1v) is 9.87. The van der Waals surface area contributed by atoms with Crippen LogP contribution in [0.1, 0.15) is 39.2 Å². The smallest absolute Gasteiger partial charge is 0.317 e. The molecule has 154 valence electrons. The molecule has 2 atom stereocenters. The third-order valence-electron chi connectivity index (χ3n) is 6.01. The van der Waals surface area contributed by atoms with Crippen LogP contribution in [0.5, 0.6) is 0 Å². The van der Waals surface area contributed by atoms with Crippen LogP contribution >= 0.6 is 0 Å². The zero-order valence-electron chi connectivity index (χ0n) is 16.9. The second kappa shape index (κ2) is 7.70. The molecule has 0 spiro atoms. The van der Waals surface area contributed by atoms with Crippen molar-refractivity contribution in [3.63, 3.8) is 0 Å². The van der Waals surface area contributed by atoms with Gasteiger partial charge in [-0.1, -0.05) is 12.1 Å². The lowest BCUT2D eigenvalue weighted by molar-refractivity contribution is -0.142. The maximum atomic E-state index is 13.1. The Bertz CT molecular complexity index is 737. The van der Waals surface area contributed by atoms with E-state index in [2.05, 4.69) is 5.32 Å². The summed E-state index contributed by atoms with van der Waals surface area (Å²) in [4.78, 5) is 28.0. The number of piperidine rings is 2. The fraction of sp³-hybridized carbons (Fsp3) is 0.619. The van der Waals surface area contributed by atoms with Crippen LogP contribution in [0.2, 0.25) is 0 Å². The minimum Gasteiger partial charge on any atom is -0.389 e. The van der Waals surface area contributed by atoms with Crippen molar-refractivity contribution in [1.82, 2.24) is 15.1 Å². The summed E-state index contributed by atoms with van der Waals surface area (Å²) in [6.07, 6.45) is 1.66. The molecule has 0 bridgehead atoms. The summed E-state index contributed by atoms with van der Waals surface area (Å²) in [5, 5.41) is 14.0. The van der Waals surface area contributed by atoms with Crippen LogP contribution in [0.15, 0.2) is 24.3 Å². The van der Waals surface area contributed by atoms with Crippen molar-refractivity contribution in [2.75, 3.05) is 26.2 Å². The van der Waals surface area contributed by atoms with Crippen LogP contribution in [0.4, 0.5) is 9.18 Å². The zero-order valence-corrected chi connectivity index (χ0v) is 16.9. The van der Waals surface area contributed by atoms with Gasteiger partial charge >= 0.3 is 6.03 Å². The standard InChI is InChI=1S/C21H30FN3O3/c1-15(26)24-10-8-21(28)9-11-25(14-17(21)13-24)19(27)23-20(2,3)12-16-4-6-18(22)7-5-16/h4-7,17,28H,8-14H2,1-3H3,(H,23,27)/t17-,21-/m0/s1. The van der Waals surface area contributed by atoms with Crippen LogP contribution in [-0.4, -0.2) is 64.2 Å². The monoisotopic (exact) mass is 391 g/mol. The molecule has 28 heavy (non-hydrogen) atoms.